The molecule has 1 fully saturated rings. The van der Waals surface area contributed by atoms with Crippen LogP contribution in [0.25, 0.3) is 10.9 Å². The zero-order chi connectivity index (χ0) is 20.0. The number of hydrogen-bond donors (Lipinski definition) is 1. The minimum atomic E-state index is -3.93. The molecule has 3 rings (SSSR count). The average molecular weight is 401 g/mol. The van der Waals surface area contributed by atoms with Crippen LogP contribution in [0, 0.1) is 11.6 Å². The molecule has 0 spiro atoms. The molecule has 7 nitrogen and oxygen atoms in total. The van der Waals surface area contributed by atoms with Gasteiger partial charge in [0, 0.05) is 37.1 Å². The van der Waals surface area contributed by atoms with E-state index in [0.717, 1.165) is 12.1 Å². The number of nitrogens with zero attached hydrogens (tertiary/aromatic N) is 2. The predicted octanol–water partition coefficient (Wildman–Crippen LogP) is 2.69. The number of carbonyl (C=O) groups excluding carboxylic acids is 1. The van der Waals surface area contributed by atoms with Crippen LogP contribution in [0.1, 0.15) is 20.8 Å². The molecule has 0 saturated carbocycles. The van der Waals surface area contributed by atoms with Gasteiger partial charge in [-0.2, -0.15) is 4.31 Å². The number of hydrogen-bond acceptors (Lipinski definition) is 4. The molecular formula is C17H21F2N3O4S. The monoisotopic (exact) mass is 401 g/mol. The summed E-state index contributed by atoms with van der Waals surface area (Å²) in [7, 11) is -3.93. The summed E-state index contributed by atoms with van der Waals surface area (Å²) in [5.41, 5.74) is -0.441. The first-order valence-electron chi connectivity index (χ1n) is 8.44. The van der Waals surface area contributed by atoms with Gasteiger partial charge in [-0.3, -0.25) is 0 Å². The molecule has 1 amide bonds. The van der Waals surface area contributed by atoms with Crippen molar-refractivity contribution < 1.29 is 26.7 Å². The third kappa shape index (κ3) is 3.91. The Morgan fingerprint density at radius 2 is 1.78 bits per heavy atom. The highest BCUT2D eigenvalue weighted by molar-refractivity contribution is 7.89. The van der Waals surface area contributed by atoms with Gasteiger partial charge in [-0.25, -0.2) is 22.0 Å². The molecule has 0 atom stereocenters. The van der Waals surface area contributed by atoms with E-state index < -0.39 is 33.4 Å². The highest BCUT2D eigenvalue weighted by Crippen LogP contribution is 2.26. The van der Waals surface area contributed by atoms with Gasteiger partial charge >= 0.3 is 6.09 Å². The van der Waals surface area contributed by atoms with Gasteiger partial charge in [-0.1, -0.05) is 0 Å². The van der Waals surface area contributed by atoms with Crippen LogP contribution >= 0.6 is 0 Å². The van der Waals surface area contributed by atoms with Crippen LogP contribution < -0.4 is 0 Å². The van der Waals surface area contributed by atoms with Crippen LogP contribution in [0.3, 0.4) is 0 Å². The molecule has 10 heteroatoms. The first-order valence-corrected chi connectivity index (χ1v) is 9.88. The fourth-order valence-corrected chi connectivity index (χ4v) is 4.26. The van der Waals surface area contributed by atoms with Gasteiger partial charge in [0.1, 0.15) is 10.6 Å². The maximum atomic E-state index is 13.9. The number of fused-ring (bicyclic) bond motifs is 1. The van der Waals surface area contributed by atoms with Crippen LogP contribution in [0.5, 0.6) is 0 Å². The number of amides is 1. The highest BCUT2D eigenvalue weighted by atomic mass is 32.2. The molecule has 1 aliphatic heterocycles. The maximum Gasteiger partial charge on any atom is 0.410 e. The minimum Gasteiger partial charge on any atom is -0.444 e. The number of benzene rings is 1. The quantitative estimate of drug-likeness (QED) is 0.839. The topological polar surface area (TPSA) is 82.7 Å². The number of ether oxygens (including phenoxy) is 1. The Kier molecular flexibility index (Phi) is 4.89. The van der Waals surface area contributed by atoms with Crippen LogP contribution in [0.15, 0.2) is 23.2 Å². The summed E-state index contributed by atoms with van der Waals surface area (Å²) < 4.78 is 59.3. The number of aromatic nitrogens is 1. The first-order chi connectivity index (χ1) is 12.5. The predicted molar refractivity (Wildman–Crippen MR) is 94.8 cm³/mol. The summed E-state index contributed by atoms with van der Waals surface area (Å²) in [6.45, 7) is 5.77. The number of aromatic amines is 1. The van der Waals surface area contributed by atoms with Crippen molar-refractivity contribution in [2.75, 3.05) is 26.2 Å². The molecule has 27 heavy (non-hydrogen) atoms. The molecule has 0 bridgehead atoms. The normalized spacial score (nSPS) is 16.7. The third-order valence-electron chi connectivity index (χ3n) is 4.17. The van der Waals surface area contributed by atoms with Crippen molar-refractivity contribution in [1.29, 1.82) is 0 Å². The third-order valence-corrected chi connectivity index (χ3v) is 5.99. The van der Waals surface area contributed by atoms with Crippen LogP contribution in [-0.2, 0) is 14.8 Å². The number of nitrogens with one attached hydrogen (secondary N) is 1. The summed E-state index contributed by atoms with van der Waals surface area (Å²) in [4.78, 5) is 16.1. The number of halogens is 2. The Hall–Kier alpha value is -2.20. The van der Waals surface area contributed by atoms with Crippen molar-refractivity contribution in [3.63, 3.8) is 0 Å². The highest BCUT2D eigenvalue weighted by Gasteiger charge is 2.33. The van der Waals surface area contributed by atoms with Gasteiger partial charge in [0.15, 0.2) is 11.6 Å². The second kappa shape index (κ2) is 6.75. The minimum absolute atomic E-state index is 0.0772. The Balaban J connectivity index is 1.76. The summed E-state index contributed by atoms with van der Waals surface area (Å²) in [6, 6.07) is 3.31. The van der Waals surface area contributed by atoms with Crippen LogP contribution in [0.4, 0.5) is 13.6 Å². The molecule has 1 aromatic carbocycles. The Morgan fingerprint density at radius 1 is 1.15 bits per heavy atom. The molecule has 1 aliphatic rings. The van der Waals surface area contributed by atoms with Gasteiger partial charge in [-0.15, -0.1) is 0 Å². The maximum absolute atomic E-state index is 13.9. The first kappa shape index (κ1) is 19.6. The molecule has 1 aromatic heterocycles. The second-order valence-electron chi connectivity index (χ2n) is 7.33. The SMILES string of the molecule is CC(C)(C)OC(=O)N1CCN(S(=O)(=O)c2cc3c(F)c(F)ccc3[nH]2)CC1. The van der Waals surface area contributed by atoms with E-state index in [0.29, 0.717) is 0 Å². The molecule has 1 saturated heterocycles. The number of H-pyrrole nitrogens is 1. The molecule has 148 valence electrons. The molecule has 2 aromatic rings. The van der Waals surface area contributed by atoms with Gasteiger partial charge in [0.05, 0.1) is 0 Å². The second-order valence-corrected chi connectivity index (χ2v) is 9.23. The smallest absolute Gasteiger partial charge is 0.410 e. The summed E-state index contributed by atoms with van der Waals surface area (Å²) in [5, 5.41) is -0.339. The fraction of sp³-hybridized carbons (Fsp3) is 0.471. The zero-order valence-corrected chi connectivity index (χ0v) is 16.1. The number of rotatable bonds is 2. The van der Waals surface area contributed by atoms with E-state index in [1.165, 1.54) is 15.3 Å². The molecule has 0 radical (unpaired) electrons. The van der Waals surface area contributed by atoms with E-state index in [-0.39, 0.29) is 42.1 Å². The summed E-state index contributed by atoms with van der Waals surface area (Å²) >= 11 is 0. The molecule has 2 heterocycles. The lowest BCUT2D eigenvalue weighted by Crippen LogP contribution is -2.51. The van der Waals surface area contributed by atoms with E-state index >= 15 is 0 Å². The van der Waals surface area contributed by atoms with Crippen molar-refractivity contribution in [1.82, 2.24) is 14.2 Å². The van der Waals surface area contributed by atoms with Crippen molar-refractivity contribution in [3.05, 3.63) is 29.8 Å². The average Bonchev–Trinajstić information content (AvgIpc) is 3.03. The van der Waals surface area contributed by atoms with Gasteiger partial charge in [-0.05, 0) is 39.0 Å². The summed E-state index contributed by atoms with van der Waals surface area (Å²) in [6.07, 6.45) is -0.497. The fourth-order valence-electron chi connectivity index (χ4n) is 2.83. The van der Waals surface area contributed by atoms with Crippen molar-refractivity contribution >= 4 is 27.0 Å². The van der Waals surface area contributed by atoms with E-state index in [1.807, 2.05) is 0 Å². The molecule has 0 aliphatic carbocycles. The lowest BCUT2D eigenvalue weighted by Gasteiger charge is -2.34. The number of carbonyl (C=O) groups is 1. The molecule has 1 N–H and O–H groups in total. The number of piperazine rings is 1. The summed E-state index contributed by atoms with van der Waals surface area (Å²) in [5.74, 6) is -2.14. The van der Waals surface area contributed by atoms with Gasteiger partial charge < -0.3 is 14.6 Å². The van der Waals surface area contributed by atoms with Gasteiger partial charge in [0.25, 0.3) is 10.0 Å². The zero-order valence-electron chi connectivity index (χ0n) is 15.3. The Labute approximate surface area is 155 Å². The van der Waals surface area contributed by atoms with E-state index in [9.17, 15) is 22.0 Å². The molecular weight excluding hydrogens is 380 g/mol. The van der Waals surface area contributed by atoms with Gasteiger partial charge in [0.2, 0.25) is 0 Å². The molecule has 0 unspecified atom stereocenters. The lowest BCUT2D eigenvalue weighted by molar-refractivity contribution is 0.0192. The van der Waals surface area contributed by atoms with Crippen LogP contribution in [0.2, 0.25) is 0 Å². The largest absolute Gasteiger partial charge is 0.444 e. The van der Waals surface area contributed by atoms with E-state index in [4.69, 9.17) is 4.74 Å². The van der Waals surface area contributed by atoms with E-state index in [2.05, 4.69) is 4.98 Å². The van der Waals surface area contributed by atoms with Crippen molar-refractivity contribution in [2.45, 2.75) is 31.4 Å². The van der Waals surface area contributed by atoms with E-state index in [1.54, 1.807) is 20.8 Å². The standard InChI is InChI=1S/C17H21F2N3O4S/c1-17(2,3)26-16(23)21-6-8-22(9-7-21)27(24,25)14-10-11-13(20-14)5-4-12(18)15(11)19/h4-5,10,20H,6-9H2,1-3H3. The van der Waals surface area contributed by atoms with Crippen molar-refractivity contribution in [3.8, 4) is 0 Å². The number of sulfonamides is 1. The lowest BCUT2D eigenvalue weighted by atomic mass is 10.2. The van der Waals surface area contributed by atoms with Crippen LogP contribution in [-0.4, -0.2) is 60.5 Å². The Morgan fingerprint density at radius 3 is 2.37 bits per heavy atom. The van der Waals surface area contributed by atoms with Crippen molar-refractivity contribution in [2.24, 2.45) is 0 Å². The Bertz CT molecular complexity index is 974.